The van der Waals surface area contributed by atoms with Crippen LogP contribution in [0, 0.1) is 0 Å². The molecule has 0 radical (unpaired) electrons. The van der Waals surface area contributed by atoms with Crippen LogP contribution in [0.3, 0.4) is 0 Å². The van der Waals surface area contributed by atoms with Gasteiger partial charge in [0, 0.05) is 5.75 Å². The van der Waals surface area contributed by atoms with E-state index < -0.39 is 0 Å². The number of rotatable bonds is 4. The van der Waals surface area contributed by atoms with Crippen molar-refractivity contribution >= 4 is 58.2 Å². The molecular weight excluding hydrogens is 367 g/mol. The Morgan fingerprint density at radius 2 is 1.96 bits per heavy atom. The van der Waals surface area contributed by atoms with Crippen LogP contribution in [-0.4, -0.2) is 24.1 Å². The first-order chi connectivity index (χ1) is 11.5. The molecule has 0 fully saturated rings. The van der Waals surface area contributed by atoms with Gasteiger partial charge in [0.05, 0.1) is 27.2 Å². The molecule has 0 atom stereocenters. The molecule has 2 aromatic carbocycles. The molecule has 124 valence electrons. The van der Waals surface area contributed by atoms with Crippen molar-refractivity contribution in [2.75, 3.05) is 22.5 Å². The number of fused-ring (bicyclic) bond motifs is 1. The lowest BCUT2D eigenvalue weighted by Crippen LogP contribution is -2.43. The lowest BCUT2D eigenvalue weighted by Gasteiger charge is -2.29. The molecule has 0 spiro atoms. The average molecular weight is 381 g/mol. The van der Waals surface area contributed by atoms with Crippen LogP contribution in [0.1, 0.15) is 5.56 Å². The highest BCUT2D eigenvalue weighted by Crippen LogP contribution is 2.30. The molecule has 0 aliphatic carbocycles. The van der Waals surface area contributed by atoms with E-state index in [4.69, 9.17) is 23.2 Å². The fourth-order valence-electron chi connectivity index (χ4n) is 2.42. The molecule has 24 heavy (non-hydrogen) atoms. The van der Waals surface area contributed by atoms with Crippen LogP contribution >= 0.6 is 35.0 Å². The van der Waals surface area contributed by atoms with Gasteiger partial charge in [0.1, 0.15) is 6.54 Å². The van der Waals surface area contributed by atoms with E-state index in [1.807, 2.05) is 24.3 Å². The molecule has 0 aromatic heterocycles. The summed E-state index contributed by atoms with van der Waals surface area (Å²) >= 11 is 13.4. The monoisotopic (exact) mass is 380 g/mol. The number of thioether (sulfide) groups is 1. The van der Waals surface area contributed by atoms with Gasteiger partial charge in [-0.15, -0.1) is 11.8 Å². The number of benzene rings is 2. The third kappa shape index (κ3) is 3.86. The molecule has 1 N–H and O–H groups in total. The number of nitrogens with zero attached hydrogens (tertiary/aromatic N) is 1. The van der Waals surface area contributed by atoms with E-state index in [1.54, 1.807) is 18.2 Å². The minimum absolute atomic E-state index is 0.0448. The number of carbonyl (C=O) groups excluding carboxylic acids is 2. The van der Waals surface area contributed by atoms with Crippen molar-refractivity contribution in [3.63, 3.8) is 0 Å². The highest BCUT2D eigenvalue weighted by molar-refractivity contribution is 7.99. The van der Waals surface area contributed by atoms with Crippen molar-refractivity contribution in [1.82, 2.24) is 0 Å². The zero-order valence-corrected chi connectivity index (χ0v) is 14.9. The Hall–Kier alpha value is -1.69. The van der Waals surface area contributed by atoms with Crippen LogP contribution in [0.5, 0.6) is 0 Å². The predicted octanol–water partition coefficient (Wildman–Crippen LogP) is 4.21. The third-order valence-electron chi connectivity index (χ3n) is 3.55. The minimum atomic E-state index is -0.184. The molecule has 4 nitrogen and oxygen atoms in total. The number of hydrogen-bond acceptors (Lipinski definition) is 3. The second-order valence-electron chi connectivity index (χ2n) is 5.29. The maximum Gasteiger partial charge on any atom is 0.244 e. The molecule has 3 rings (SSSR count). The highest BCUT2D eigenvalue weighted by atomic mass is 35.5. The Balaban J connectivity index is 1.63. The summed E-state index contributed by atoms with van der Waals surface area (Å²) in [5.41, 5.74) is 2.40. The molecule has 0 saturated heterocycles. The van der Waals surface area contributed by atoms with Gasteiger partial charge in [0.25, 0.3) is 0 Å². The Morgan fingerprint density at radius 1 is 1.17 bits per heavy atom. The van der Waals surface area contributed by atoms with Crippen LogP contribution in [0.15, 0.2) is 42.5 Å². The van der Waals surface area contributed by atoms with E-state index >= 15 is 0 Å². The maximum atomic E-state index is 12.5. The molecule has 0 saturated carbocycles. The number of hydrogen-bond donors (Lipinski definition) is 1. The molecule has 1 aliphatic rings. The Labute approximate surface area is 154 Å². The van der Waals surface area contributed by atoms with Crippen molar-refractivity contribution in [3.05, 3.63) is 58.1 Å². The zero-order valence-electron chi connectivity index (χ0n) is 12.6. The molecule has 0 bridgehead atoms. The summed E-state index contributed by atoms with van der Waals surface area (Å²) in [5, 5.41) is 3.79. The van der Waals surface area contributed by atoms with Crippen molar-refractivity contribution in [2.45, 2.75) is 5.75 Å². The molecule has 1 heterocycles. The van der Waals surface area contributed by atoms with Crippen LogP contribution in [0.4, 0.5) is 11.4 Å². The molecule has 0 unspecified atom stereocenters. The molecule has 1 aliphatic heterocycles. The lowest BCUT2D eigenvalue weighted by molar-refractivity contribution is -0.120. The van der Waals surface area contributed by atoms with Crippen molar-refractivity contribution in [3.8, 4) is 0 Å². The van der Waals surface area contributed by atoms with Crippen molar-refractivity contribution in [1.29, 1.82) is 0 Å². The van der Waals surface area contributed by atoms with E-state index in [0.717, 1.165) is 11.3 Å². The van der Waals surface area contributed by atoms with E-state index in [-0.39, 0.29) is 24.1 Å². The van der Waals surface area contributed by atoms with Gasteiger partial charge in [-0.2, -0.15) is 0 Å². The quantitative estimate of drug-likeness (QED) is 0.863. The SMILES string of the molecule is O=C1CN(C(=O)CSCc2ccc(Cl)c(Cl)c2)c2ccccc2N1. The second-order valence-corrected chi connectivity index (χ2v) is 7.09. The van der Waals surface area contributed by atoms with Gasteiger partial charge in [0.15, 0.2) is 0 Å². The van der Waals surface area contributed by atoms with E-state index in [1.165, 1.54) is 16.7 Å². The first kappa shape index (κ1) is 17.1. The Bertz CT molecular complexity index is 798. The molecular formula is C17H14Cl2N2O2S. The van der Waals surface area contributed by atoms with Gasteiger partial charge in [-0.05, 0) is 29.8 Å². The largest absolute Gasteiger partial charge is 0.323 e. The molecule has 2 aromatic rings. The van der Waals surface area contributed by atoms with Gasteiger partial charge in [-0.25, -0.2) is 0 Å². The van der Waals surface area contributed by atoms with E-state index in [0.29, 0.717) is 21.5 Å². The molecule has 7 heteroatoms. The predicted molar refractivity (Wildman–Crippen MR) is 100 cm³/mol. The summed E-state index contributed by atoms with van der Waals surface area (Å²) in [5.74, 6) is 0.644. The summed E-state index contributed by atoms with van der Waals surface area (Å²) in [4.78, 5) is 25.8. The fraction of sp³-hybridized carbons (Fsp3) is 0.176. The summed E-state index contributed by atoms with van der Waals surface area (Å²) in [7, 11) is 0. The number of carbonyl (C=O) groups is 2. The van der Waals surface area contributed by atoms with E-state index in [9.17, 15) is 9.59 Å². The van der Waals surface area contributed by atoms with Crippen LogP contribution < -0.4 is 10.2 Å². The van der Waals surface area contributed by atoms with Crippen LogP contribution in [-0.2, 0) is 15.3 Å². The zero-order chi connectivity index (χ0) is 17.1. The van der Waals surface area contributed by atoms with Crippen LogP contribution in [0.25, 0.3) is 0 Å². The van der Waals surface area contributed by atoms with Crippen LogP contribution in [0.2, 0.25) is 10.0 Å². The minimum Gasteiger partial charge on any atom is -0.323 e. The third-order valence-corrected chi connectivity index (χ3v) is 5.28. The van der Waals surface area contributed by atoms with Gasteiger partial charge in [0.2, 0.25) is 11.8 Å². The number of amides is 2. The second kappa shape index (κ2) is 7.47. The smallest absolute Gasteiger partial charge is 0.244 e. The summed E-state index contributed by atoms with van der Waals surface area (Å²) in [6.07, 6.45) is 0. The molecule has 2 amide bonds. The van der Waals surface area contributed by atoms with Crippen molar-refractivity contribution in [2.24, 2.45) is 0 Å². The number of anilines is 2. The summed E-state index contributed by atoms with van der Waals surface area (Å²) in [6, 6.07) is 12.7. The number of halogens is 2. The van der Waals surface area contributed by atoms with E-state index in [2.05, 4.69) is 5.32 Å². The first-order valence-electron chi connectivity index (χ1n) is 7.25. The highest BCUT2D eigenvalue weighted by Gasteiger charge is 2.26. The Morgan fingerprint density at radius 3 is 2.75 bits per heavy atom. The van der Waals surface area contributed by atoms with Gasteiger partial charge >= 0.3 is 0 Å². The number of nitrogens with one attached hydrogen (secondary N) is 1. The summed E-state index contributed by atoms with van der Waals surface area (Å²) in [6.45, 7) is 0.0448. The standard InChI is InChI=1S/C17H14Cl2N2O2S/c18-12-6-5-11(7-13(12)19)9-24-10-17(23)21-8-16(22)20-14-3-1-2-4-15(14)21/h1-7H,8-10H2,(H,20,22). The average Bonchev–Trinajstić information content (AvgIpc) is 2.57. The van der Waals surface area contributed by atoms with Gasteiger partial charge in [-0.1, -0.05) is 41.4 Å². The lowest BCUT2D eigenvalue weighted by atomic mass is 10.2. The Kier molecular flexibility index (Phi) is 5.33. The topological polar surface area (TPSA) is 49.4 Å². The van der Waals surface area contributed by atoms with Gasteiger partial charge in [-0.3, -0.25) is 9.59 Å². The summed E-state index contributed by atoms with van der Waals surface area (Å²) < 4.78 is 0. The normalized spacial score (nSPS) is 13.4. The van der Waals surface area contributed by atoms with Crippen molar-refractivity contribution < 1.29 is 9.59 Å². The number of para-hydroxylation sites is 2. The maximum absolute atomic E-state index is 12.5. The van der Waals surface area contributed by atoms with Gasteiger partial charge < -0.3 is 10.2 Å². The fourth-order valence-corrected chi connectivity index (χ4v) is 3.59. The first-order valence-corrected chi connectivity index (χ1v) is 9.16.